The SMILES string of the molecule is CC(C)(C)OC(=O)NCC1CCN(c2ncc(-c3cccc(Cl)c3)cc2C(F)(F)F)CC1. The smallest absolute Gasteiger partial charge is 0.419 e. The second-order valence-corrected chi connectivity index (χ2v) is 9.35. The van der Waals surface area contributed by atoms with Crippen LogP contribution < -0.4 is 10.2 Å². The number of halogens is 4. The third kappa shape index (κ3) is 6.51. The van der Waals surface area contributed by atoms with Crippen molar-refractivity contribution in [2.75, 3.05) is 24.5 Å². The van der Waals surface area contributed by atoms with E-state index in [1.165, 1.54) is 6.20 Å². The van der Waals surface area contributed by atoms with Gasteiger partial charge in [0.15, 0.2) is 0 Å². The van der Waals surface area contributed by atoms with E-state index in [9.17, 15) is 18.0 Å². The van der Waals surface area contributed by atoms with E-state index in [2.05, 4.69) is 10.3 Å². The first-order valence-electron chi connectivity index (χ1n) is 10.5. The molecule has 2 heterocycles. The summed E-state index contributed by atoms with van der Waals surface area (Å²) in [5.74, 6) is 0.0978. The lowest BCUT2D eigenvalue weighted by atomic mass is 9.96. The first-order valence-corrected chi connectivity index (χ1v) is 10.8. The van der Waals surface area contributed by atoms with Gasteiger partial charge in [0.2, 0.25) is 0 Å². The molecular formula is C23H27ClF3N3O2. The highest BCUT2D eigenvalue weighted by Gasteiger charge is 2.37. The molecule has 0 aliphatic carbocycles. The van der Waals surface area contributed by atoms with E-state index < -0.39 is 23.4 Å². The van der Waals surface area contributed by atoms with Gasteiger partial charge in [-0.3, -0.25) is 0 Å². The summed E-state index contributed by atoms with van der Waals surface area (Å²) in [6.45, 7) is 6.63. The highest BCUT2D eigenvalue weighted by atomic mass is 35.5. The summed E-state index contributed by atoms with van der Waals surface area (Å²) in [4.78, 5) is 17.7. The van der Waals surface area contributed by atoms with Gasteiger partial charge >= 0.3 is 12.3 Å². The predicted octanol–water partition coefficient (Wildman–Crippen LogP) is 6.16. The fourth-order valence-corrected chi connectivity index (χ4v) is 3.83. The Morgan fingerprint density at radius 2 is 1.88 bits per heavy atom. The van der Waals surface area contributed by atoms with E-state index in [0.717, 1.165) is 6.07 Å². The minimum atomic E-state index is -4.54. The summed E-state index contributed by atoms with van der Waals surface area (Å²) in [5, 5.41) is 3.19. The second kappa shape index (κ2) is 9.57. The van der Waals surface area contributed by atoms with Crippen LogP contribution in [0.4, 0.5) is 23.8 Å². The monoisotopic (exact) mass is 469 g/mol. The summed E-state index contributed by atoms with van der Waals surface area (Å²) in [6.07, 6.45) is -2.29. The number of hydrogen-bond donors (Lipinski definition) is 1. The van der Waals surface area contributed by atoms with Gasteiger partial charge in [0.05, 0.1) is 5.56 Å². The second-order valence-electron chi connectivity index (χ2n) is 8.92. The van der Waals surface area contributed by atoms with E-state index in [-0.39, 0.29) is 11.7 Å². The Bertz CT molecular complexity index is 952. The molecule has 1 fully saturated rings. The lowest BCUT2D eigenvalue weighted by molar-refractivity contribution is -0.137. The number of alkyl halides is 3. The molecule has 0 bridgehead atoms. The number of nitrogens with one attached hydrogen (secondary N) is 1. The number of amides is 1. The van der Waals surface area contributed by atoms with Crippen LogP contribution in [0.2, 0.25) is 5.02 Å². The third-order valence-corrected chi connectivity index (χ3v) is 5.41. The van der Waals surface area contributed by atoms with E-state index in [1.807, 2.05) is 0 Å². The normalized spacial score (nSPS) is 15.5. The topological polar surface area (TPSA) is 54.5 Å². The summed E-state index contributed by atoms with van der Waals surface area (Å²) in [5.41, 5.74) is -0.404. The van der Waals surface area contributed by atoms with Crippen LogP contribution in [-0.2, 0) is 10.9 Å². The third-order valence-electron chi connectivity index (χ3n) is 5.18. The molecule has 0 radical (unpaired) electrons. The maximum atomic E-state index is 13.8. The number of aromatic nitrogens is 1. The molecule has 9 heteroatoms. The maximum absolute atomic E-state index is 13.8. The summed E-state index contributed by atoms with van der Waals surface area (Å²) in [6, 6.07) is 7.80. The Kier molecular flexibility index (Phi) is 7.22. The number of anilines is 1. The molecule has 32 heavy (non-hydrogen) atoms. The predicted molar refractivity (Wildman–Crippen MR) is 119 cm³/mol. The number of alkyl carbamates (subject to hydrolysis) is 1. The average molecular weight is 470 g/mol. The largest absolute Gasteiger partial charge is 0.444 e. The van der Waals surface area contributed by atoms with Gasteiger partial charge in [-0.2, -0.15) is 13.2 Å². The molecule has 1 aromatic carbocycles. The summed E-state index contributed by atoms with van der Waals surface area (Å²) in [7, 11) is 0. The Morgan fingerprint density at radius 3 is 2.47 bits per heavy atom. The molecular weight excluding hydrogens is 443 g/mol. The van der Waals surface area contributed by atoms with Gasteiger partial charge in [-0.25, -0.2) is 9.78 Å². The van der Waals surface area contributed by atoms with Crippen molar-refractivity contribution >= 4 is 23.5 Å². The average Bonchev–Trinajstić information content (AvgIpc) is 2.70. The Hall–Kier alpha value is -2.48. The molecule has 1 aliphatic heterocycles. The minimum Gasteiger partial charge on any atom is -0.444 e. The number of carbonyl (C=O) groups excluding carboxylic acids is 1. The van der Waals surface area contributed by atoms with Crippen LogP contribution >= 0.6 is 11.6 Å². The summed E-state index contributed by atoms with van der Waals surface area (Å²) >= 11 is 5.98. The molecule has 2 aromatic rings. The molecule has 3 rings (SSSR count). The van der Waals surface area contributed by atoms with E-state index in [1.54, 1.807) is 49.9 Å². The Morgan fingerprint density at radius 1 is 1.19 bits per heavy atom. The fraction of sp³-hybridized carbons (Fsp3) is 0.478. The molecule has 0 saturated carbocycles. The molecule has 1 N–H and O–H groups in total. The summed E-state index contributed by atoms with van der Waals surface area (Å²) < 4.78 is 46.8. The van der Waals surface area contributed by atoms with Gasteiger partial charge in [-0.05, 0) is 63.3 Å². The zero-order valence-electron chi connectivity index (χ0n) is 18.3. The molecule has 1 amide bonds. The van der Waals surface area contributed by atoms with Crippen molar-refractivity contribution in [2.45, 2.75) is 45.4 Å². The van der Waals surface area contributed by atoms with E-state index >= 15 is 0 Å². The molecule has 5 nitrogen and oxygen atoms in total. The van der Waals surface area contributed by atoms with Crippen molar-refractivity contribution in [1.29, 1.82) is 0 Å². The van der Waals surface area contributed by atoms with Crippen molar-refractivity contribution in [2.24, 2.45) is 5.92 Å². The van der Waals surface area contributed by atoms with Gasteiger partial charge in [-0.15, -0.1) is 0 Å². The van der Waals surface area contributed by atoms with E-state index in [4.69, 9.17) is 16.3 Å². The van der Waals surface area contributed by atoms with Gasteiger partial charge < -0.3 is 15.0 Å². The molecule has 0 spiro atoms. The zero-order chi connectivity index (χ0) is 23.5. The molecule has 174 valence electrons. The van der Waals surface area contributed by atoms with Crippen molar-refractivity contribution in [3.05, 3.63) is 47.1 Å². The number of carbonyl (C=O) groups is 1. The molecule has 0 atom stereocenters. The van der Waals surface area contributed by atoms with E-state index in [0.29, 0.717) is 48.6 Å². The Labute approximate surface area is 190 Å². The molecule has 1 saturated heterocycles. The van der Waals surface area contributed by atoms with Crippen LogP contribution in [0.3, 0.4) is 0 Å². The highest BCUT2D eigenvalue weighted by molar-refractivity contribution is 6.30. The number of pyridine rings is 1. The number of ether oxygens (including phenoxy) is 1. The van der Waals surface area contributed by atoms with Crippen molar-refractivity contribution < 1.29 is 22.7 Å². The Balaban J connectivity index is 1.69. The number of hydrogen-bond acceptors (Lipinski definition) is 4. The standard InChI is InChI=1S/C23H27ClF3N3O2/c1-22(2,3)32-21(31)29-13-15-7-9-30(10-8-15)20-19(23(25,26)27)12-17(14-28-20)16-5-4-6-18(24)11-16/h4-6,11-12,14-15H,7-10,13H2,1-3H3,(H,29,31). The van der Waals surface area contributed by atoms with Crippen LogP contribution in [0.5, 0.6) is 0 Å². The van der Waals surface area contributed by atoms with Gasteiger partial charge in [0.1, 0.15) is 11.4 Å². The lowest BCUT2D eigenvalue weighted by Crippen LogP contribution is -2.41. The number of nitrogens with zero attached hydrogens (tertiary/aromatic N) is 2. The lowest BCUT2D eigenvalue weighted by Gasteiger charge is -2.34. The quantitative estimate of drug-likeness (QED) is 0.582. The molecule has 1 aromatic heterocycles. The van der Waals surface area contributed by atoms with Crippen molar-refractivity contribution in [3.63, 3.8) is 0 Å². The minimum absolute atomic E-state index is 0.0678. The van der Waals surface area contributed by atoms with Crippen molar-refractivity contribution in [3.8, 4) is 11.1 Å². The number of benzene rings is 1. The van der Waals surface area contributed by atoms with Gasteiger partial charge in [0, 0.05) is 36.4 Å². The van der Waals surface area contributed by atoms with Gasteiger partial charge in [-0.1, -0.05) is 23.7 Å². The number of piperidine rings is 1. The maximum Gasteiger partial charge on any atom is 0.419 e. The highest BCUT2D eigenvalue weighted by Crippen LogP contribution is 2.39. The van der Waals surface area contributed by atoms with Crippen LogP contribution in [0.1, 0.15) is 39.2 Å². The first kappa shape index (κ1) is 24.2. The molecule has 0 unspecified atom stereocenters. The van der Waals surface area contributed by atoms with Crippen LogP contribution in [0.25, 0.3) is 11.1 Å². The number of rotatable bonds is 4. The van der Waals surface area contributed by atoms with Crippen LogP contribution in [-0.4, -0.2) is 36.3 Å². The van der Waals surface area contributed by atoms with Crippen LogP contribution in [0.15, 0.2) is 36.5 Å². The zero-order valence-corrected chi connectivity index (χ0v) is 19.1. The van der Waals surface area contributed by atoms with Crippen molar-refractivity contribution in [1.82, 2.24) is 10.3 Å². The van der Waals surface area contributed by atoms with Gasteiger partial charge in [0.25, 0.3) is 0 Å². The fourth-order valence-electron chi connectivity index (χ4n) is 3.63. The first-order chi connectivity index (χ1) is 14.9. The van der Waals surface area contributed by atoms with Crippen LogP contribution in [0, 0.1) is 5.92 Å². The molecule has 1 aliphatic rings.